The first kappa shape index (κ1) is 11.6. The van der Waals surface area contributed by atoms with Gasteiger partial charge in [-0.2, -0.15) is 0 Å². The highest BCUT2D eigenvalue weighted by atomic mass is 15.1. The number of benzene rings is 1. The van der Waals surface area contributed by atoms with E-state index in [2.05, 4.69) is 40.4 Å². The maximum absolute atomic E-state index is 5.34. The molecule has 0 aliphatic carbocycles. The maximum atomic E-state index is 5.34. The first-order valence-corrected chi connectivity index (χ1v) is 5.07. The quantitative estimate of drug-likeness (QED) is 0.752. The van der Waals surface area contributed by atoms with Crippen molar-refractivity contribution in [2.24, 2.45) is 0 Å². The first-order chi connectivity index (χ1) is 7.19. The van der Waals surface area contributed by atoms with Crippen LogP contribution in [0.15, 0.2) is 24.3 Å². The van der Waals surface area contributed by atoms with Gasteiger partial charge in [0.25, 0.3) is 0 Å². The highest BCUT2D eigenvalue weighted by molar-refractivity contribution is 5.47. The number of hydrogen-bond acceptors (Lipinski definition) is 2. The lowest BCUT2D eigenvalue weighted by Gasteiger charge is -2.18. The van der Waals surface area contributed by atoms with E-state index in [0.29, 0.717) is 6.42 Å². The molecule has 0 aliphatic heterocycles. The summed E-state index contributed by atoms with van der Waals surface area (Å²) in [5.74, 6) is 2.69. The molecule has 0 bridgehead atoms. The molecule has 1 unspecified atom stereocenters. The van der Waals surface area contributed by atoms with Gasteiger partial charge in [-0.3, -0.25) is 0 Å². The Kier molecular flexibility index (Phi) is 4.20. The van der Waals surface area contributed by atoms with Gasteiger partial charge in [-0.15, -0.1) is 12.3 Å². The van der Waals surface area contributed by atoms with Gasteiger partial charge in [0.1, 0.15) is 0 Å². The molecule has 1 N–H and O–H groups in total. The van der Waals surface area contributed by atoms with Crippen LogP contribution in [0.4, 0.5) is 5.69 Å². The van der Waals surface area contributed by atoms with E-state index in [-0.39, 0.29) is 6.04 Å². The molecule has 0 fully saturated rings. The summed E-state index contributed by atoms with van der Waals surface area (Å²) in [6.07, 6.45) is 6.06. The van der Waals surface area contributed by atoms with Crippen LogP contribution in [0.1, 0.15) is 18.0 Å². The summed E-state index contributed by atoms with van der Waals surface area (Å²) in [5, 5.41) is 3.22. The number of terminal acetylenes is 1. The van der Waals surface area contributed by atoms with Crippen molar-refractivity contribution in [3.8, 4) is 12.3 Å². The predicted octanol–water partition coefficient (Wildman–Crippen LogP) is 2.04. The second kappa shape index (κ2) is 5.43. The highest BCUT2D eigenvalue weighted by Crippen LogP contribution is 2.20. The third-order valence-corrected chi connectivity index (χ3v) is 2.46. The molecule has 0 amide bonds. The lowest BCUT2D eigenvalue weighted by atomic mass is 10.0. The number of nitrogens with zero attached hydrogens (tertiary/aromatic N) is 1. The molecule has 0 saturated carbocycles. The number of rotatable bonds is 4. The number of nitrogens with one attached hydrogen (secondary N) is 1. The van der Waals surface area contributed by atoms with Gasteiger partial charge >= 0.3 is 0 Å². The Balaban J connectivity index is 2.93. The fourth-order valence-corrected chi connectivity index (χ4v) is 1.52. The van der Waals surface area contributed by atoms with Crippen LogP contribution in [-0.4, -0.2) is 21.1 Å². The Bertz CT molecular complexity index is 350. The summed E-state index contributed by atoms with van der Waals surface area (Å²) < 4.78 is 0. The Morgan fingerprint density at radius 1 is 1.47 bits per heavy atom. The highest BCUT2D eigenvalue weighted by Gasteiger charge is 2.08. The van der Waals surface area contributed by atoms with Crippen LogP contribution in [-0.2, 0) is 0 Å². The van der Waals surface area contributed by atoms with E-state index in [0.717, 1.165) is 0 Å². The van der Waals surface area contributed by atoms with E-state index >= 15 is 0 Å². The molecule has 1 rings (SSSR count). The normalized spacial score (nSPS) is 11.9. The number of hydrogen-bond donors (Lipinski definition) is 1. The molecule has 0 radical (unpaired) electrons. The lowest BCUT2D eigenvalue weighted by molar-refractivity contribution is 0.611. The summed E-state index contributed by atoms with van der Waals surface area (Å²) in [6, 6.07) is 8.66. The van der Waals surface area contributed by atoms with E-state index < -0.39 is 0 Å². The third-order valence-electron chi connectivity index (χ3n) is 2.46. The van der Waals surface area contributed by atoms with Crippen molar-refractivity contribution in [3.05, 3.63) is 29.8 Å². The Hall–Kier alpha value is -1.46. The average Bonchev–Trinajstić information content (AvgIpc) is 2.26. The van der Waals surface area contributed by atoms with Gasteiger partial charge in [-0.05, 0) is 24.7 Å². The average molecular weight is 202 g/mol. The molecule has 15 heavy (non-hydrogen) atoms. The second-order valence-electron chi connectivity index (χ2n) is 3.74. The van der Waals surface area contributed by atoms with Gasteiger partial charge in [-0.25, -0.2) is 0 Å². The zero-order valence-electron chi connectivity index (χ0n) is 9.62. The van der Waals surface area contributed by atoms with Gasteiger partial charge in [-0.1, -0.05) is 12.1 Å². The predicted molar refractivity (Wildman–Crippen MR) is 66.0 cm³/mol. The maximum Gasteiger partial charge on any atom is 0.0429 e. The zero-order chi connectivity index (χ0) is 11.3. The monoisotopic (exact) mass is 202 g/mol. The van der Waals surface area contributed by atoms with E-state index in [1.165, 1.54) is 11.3 Å². The van der Waals surface area contributed by atoms with Gasteiger partial charge in [0, 0.05) is 32.2 Å². The lowest BCUT2D eigenvalue weighted by Crippen LogP contribution is -2.16. The second-order valence-corrected chi connectivity index (χ2v) is 3.74. The minimum atomic E-state index is 0.245. The van der Waals surface area contributed by atoms with Gasteiger partial charge in [0.15, 0.2) is 0 Å². The van der Waals surface area contributed by atoms with E-state index in [1.54, 1.807) is 0 Å². The fourth-order valence-electron chi connectivity index (χ4n) is 1.52. The van der Waals surface area contributed by atoms with Crippen LogP contribution >= 0.6 is 0 Å². The molecule has 2 nitrogen and oxygen atoms in total. The molecule has 80 valence electrons. The van der Waals surface area contributed by atoms with Crippen LogP contribution < -0.4 is 10.2 Å². The SMILES string of the molecule is C#CCC(NC)c1cccc(N(C)C)c1. The standard InChI is InChI=1S/C13H18N2/c1-5-7-13(14-2)11-8-6-9-12(10-11)15(3)4/h1,6,8-10,13-14H,7H2,2-4H3. The molecule has 0 aromatic heterocycles. The minimum absolute atomic E-state index is 0.245. The minimum Gasteiger partial charge on any atom is -0.378 e. The van der Waals surface area contributed by atoms with E-state index in [1.807, 2.05) is 21.1 Å². The molecule has 1 atom stereocenters. The van der Waals surface area contributed by atoms with Gasteiger partial charge in [0.2, 0.25) is 0 Å². The zero-order valence-corrected chi connectivity index (χ0v) is 9.62. The van der Waals surface area contributed by atoms with Gasteiger partial charge in [0.05, 0.1) is 0 Å². The largest absolute Gasteiger partial charge is 0.378 e. The molecular formula is C13H18N2. The molecule has 1 aromatic carbocycles. The molecule has 1 aromatic rings. The summed E-state index contributed by atoms with van der Waals surface area (Å²) in [4.78, 5) is 2.09. The topological polar surface area (TPSA) is 15.3 Å². The summed E-state index contributed by atoms with van der Waals surface area (Å²) >= 11 is 0. The molecular weight excluding hydrogens is 184 g/mol. The van der Waals surface area contributed by atoms with Crippen molar-refractivity contribution in [2.75, 3.05) is 26.0 Å². The van der Waals surface area contributed by atoms with Crippen LogP contribution in [0.3, 0.4) is 0 Å². The van der Waals surface area contributed by atoms with Crippen molar-refractivity contribution in [1.29, 1.82) is 0 Å². The Labute approximate surface area is 92.3 Å². The third kappa shape index (κ3) is 3.00. The molecule has 0 heterocycles. The summed E-state index contributed by atoms with van der Waals surface area (Å²) in [6.45, 7) is 0. The van der Waals surface area contributed by atoms with Crippen molar-refractivity contribution < 1.29 is 0 Å². The number of anilines is 1. The molecule has 0 spiro atoms. The van der Waals surface area contributed by atoms with Crippen LogP contribution in [0.25, 0.3) is 0 Å². The molecule has 2 heteroatoms. The summed E-state index contributed by atoms with van der Waals surface area (Å²) in [5.41, 5.74) is 2.44. The van der Waals surface area contributed by atoms with E-state index in [4.69, 9.17) is 6.42 Å². The van der Waals surface area contributed by atoms with Crippen molar-refractivity contribution in [1.82, 2.24) is 5.32 Å². The first-order valence-electron chi connectivity index (χ1n) is 5.07. The summed E-state index contributed by atoms with van der Waals surface area (Å²) in [7, 11) is 6.01. The smallest absolute Gasteiger partial charge is 0.0429 e. The Morgan fingerprint density at radius 2 is 2.20 bits per heavy atom. The van der Waals surface area contributed by atoms with Crippen LogP contribution in [0.5, 0.6) is 0 Å². The van der Waals surface area contributed by atoms with Crippen LogP contribution in [0, 0.1) is 12.3 Å². The Morgan fingerprint density at radius 3 is 2.73 bits per heavy atom. The van der Waals surface area contributed by atoms with Gasteiger partial charge < -0.3 is 10.2 Å². The van der Waals surface area contributed by atoms with Crippen molar-refractivity contribution in [2.45, 2.75) is 12.5 Å². The van der Waals surface area contributed by atoms with Crippen LogP contribution in [0.2, 0.25) is 0 Å². The van der Waals surface area contributed by atoms with Crippen molar-refractivity contribution in [3.63, 3.8) is 0 Å². The molecule has 0 aliphatic rings. The van der Waals surface area contributed by atoms with E-state index in [9.17, 15) is 0 Å². The fraction of sp³-hybridized carbons (Fsp3) is 0.385. The molecule has 0 saturated heterocycles. The van der Waals surface area contributed by atoms with Crippen molar-refractivity contribution >= 4 is 5.69 Å².